The van der Waals surface area contributed by atoms with Gasteiger partial charge in [-0.3, -0.25) is 4.79 Å². The minimum absolute atomic E-state index is 0.00273. The lowest BCUT2D eigenvalue weighted by molar-refractivity contribution is -0.245. The fourth-order valence-corrected chi connectivity index (χ4v) is 11.9. The zero-order valence-corrected chi connectivity index (χ0v) is 22.9. The molecule has 0 heterocycles. The summed E-state index contributed by atoms with van der Waals surface area (Å²) >= 11 is 4.52. The Balaban J connectivity index is 1.57. The van der Waals surface area contributed by atoms with Gasteiger partial charge in [0.15, 0.2) is 5.12 Å². The zero-order chi connectivity index (χ0) is 24.2. The number of thiol groups is 1. The van der Waals surface area contributed by atoms with E-state index in [1.54, 1.807) is 0 Å². The Hall–Kier alpha value is -0.280. The minimum Gasteiger partial charge on any atom is -0.393 e. The highest BCUT2D eigenvalue weighted by atomic mass is 32.1. The molecule has 5 rings (SSSR count). The molecule has 5 aliphatic rings. The predicted octanol–water partition coefficient (Wildman–Crippen LogP) is 7.46. The van der Waals surface area contributed by atoms with Crippen molar-refractivity contribution < 1.29 is 9.90 Å². The van der Waals surface area contributed by atoms with Gasteiger partial charge in [0.25, 0.3) is 0 Å². The third-order valence-electron chi connectivity index (χ3n) is 13.5. The third-order valence-corrected chi connectivity index (χ3v) is 13.9. The highest BCUT2D eigenvalue weighted by molar-refractivity contribution is 7.96. The maximum Gasteiger partial charge on any atom is 0.192 e. The van der Waals surface area contributed by atoms with Gasteiger partial charge in [-0.25, -0.2) is 0 Å². The van der Waals surface area contributed by atoms with Gasteiger partial charge in [-0.2, -0.15) is 0 Å². The maximum absolute atomic E-state index is 13.1. The van der Waals surface area contributed by atoms with Gasteiger partial charge in [0.1, 0.15) is 0 Å². The van der Waals surface area contributed by atoms with Gasteiger partial charge in [0.2, 0.25) is 0 Å². The number of aliphatic hydroxyl groups excluding tert-OH is 1. The molecule has 1 N–H and O–H groups in total. The molecule has 0 bridgehead atoms. The van der Waals surface area contributed by atoms with Gasteiger partial charge in [-0.1, -0.05) is 46.8 Å². The van der Waals surface area contributed by atoms with Crippen molar-refractivity contribution in [1.29, 1.82) is 0 Å². The van der Waals surface area contributed by atoms with Crippen molar-refractivity contribution >= 4 is 17.7 Å². The number of rotatable bonds is 2. The van der Waals surface area contributed by atoms with Crippen LogP contribution in [0.25, 0.3) is 0 Å². The fraction of sp³-hybridized carbons (Fsp3) is 0.900. The summed E-state index contributed by atoms with van der Waals surface area (Å²) < 4.78 is 0. The van der Waals surface area contributed by atoms with Crippen molar-refractivity contribution in [2.24, 2.45) is 56.7 Å². The van der Waals surface area contributed by atoms with Gasteiger partial charge in [-0.15, -0.1) is 12.6 Å². The van der Waals surface area contributed by atoms with Crippen molar-refractivity contribution in [3.63, 3.8) is 0 Å². The van der Waals surface area contributed by atoms with Crippen LogP contribution in [0.3, 0.4) is 0 Å². The Labute approximate surface area is 208 Å². The fourth-order valence-electron chi connectivity index (χ4n) is 11.5. The van der Waals surface area contributed by atoms with Gasteiger partial charge < -0.3 is 5.11 Å². The summed E-state index contributed by atoms with van der Waals surface area (Å²) in [5, 5.41) is 11.1. The summed E-state index contributed by atoms with van der Waals surface area (Å²) in [6.07, 6.45) is 11.3. The Bertz CT molecular complexity index is 863. The number of aliphatic hydroxyl groups is 1. The Morgan fingerprint density at radius 2 is 1.55 bits per heavy atom. The number of hydrogen-bond acceptors (Lipinski definition) is 2. The first-order valence-electron chi connectivity index (χ1n) is 13.8. The number of allylic oxidation sites excluding steroid dienone is 1. The summed E-state index contributed by atoms with van der Waals surface area (Å²) in [4.78, 5) is 13.1. The first-order valence-corrected chi connectivity index (χ1v) is 14.3. The molecule has 0 spiro atoms. The summed E-state index contributed by atoms with van der Waals surface area (Å²) in [5.74, 6) is 2.80. The van der Waals surface area contributed by atoms with Crippen LogP contribution in [0.5, 0.6) is 0 Å². The van der Waals surface area contributed by atoms with Crippen LogP contribution in [-0.2, 0) is 4.79 Å². The monoisotopic (exact) mass is 472 g/mol. The third kappa shape index (κ3) is 2.87. The first-order chi connectivity index (χ1) is 15.3. The molecule has 0 aromatic heterocycles. The predicted molar refractivity (Wildman–Crippen MR) is 139 cm³/mol. The van der Waals surface area contributed by atoms with Crippen LogP contribution in [0.15, 0.2) is 12.2 Å². The second-order valence-corrected chi connectivity index (χ2v) is 14.9. The molecule has 1 unspecified atom stereocenters. The second-order valence-electron chi connectivity index (χ2n) is 14.5. The average Bonchev–Trinajstić information content (AvgIpc) is 3.13. The molecule has 0 aromatic carbocycles. The molecule has 33 heavy (non-hydrogen) atoms. The van der Waals surface area contributed by atoms with E-state index in [9.17, 15) is 9.90 Å². The van der Waals surface area contributed by atoms with E-state index in [1.165, 1.54) is 44.1 Å². The van der Waals surface area contributed by atoms with Crippen LogP contribution >= 0.6 is 12.6 Å². The Morgan fingerprint density at radius 1 is 0.848 bits per heavy atom. The van der Waals surface area contributed by atoms with Crippen LogP contribution in [0.4, 0.5) is 0 Å². The van der Waals surface area contributed by atoms with Crippen LogP contribution < -0.4 is 0 Å². The first kappa shape index (κ1) is 24.4. The minimum atomic E-state index is -0.224. The molecule has 10 atom stereocenters. The molecule has 0 radical (unpaired) electrons. The molecule has 5 fully saturated rings. The molecule has 0 aliphatic heterocycles. The second kappa shape index (κ2) is 7.37. The Kier molecular flexibility index (Phi) is 5.45. The topological polar surface area (TPSA) is 37.3 Å². The normalized spacial score (nSPS) is 55.0. The van der Waals surface area contributed by atoms with Crippen molar-refractivity contribution in [3.05, 3.63) is 12.2 Å². The van der Waals surface area contributed by atoms with Crippen molar-refractivity contribution in [1.82, 2.24) is 0 Å². The number of hydrogen-bond donors (Lipinski definition) is 2. The van der Waals surface area contributed by atoms with E-state index >= 15 is 0 Å². The molecule has 186 valence electrons. The smallest absolute Gasteiger partial charge is 0.192 e. The van der Waals surface area contributed by atoms with Crippen LogP contribution in [0, 0.1) is 56.7 Å². The molecule has 5 saturated carbocycles. The van der Waals surface area contributed by atoms with Crippen LogP contribution in [0.1, 0.15) is 106 Å². The van der Waals surface area contributed by atoms with Crippen molar-refractivity contribution in [2.45, 2.75) is 112 Å². The maximum atomic E-state index is 13.1. The molecular formula is C30H48O2S. The number of fused-ring (bicyclic) bond motifs is 7. The Morgan fingerprint density at radius 3 is 2.18 bits per heavy atom. The highest BCUT2D eigenvalue weighted by Gasteiger charge is 2.71. The number of carbonyl (C=O) groups is 1. The SMILES string of the molecule is C=C(C)[C@@H]1CCC2(C(=O)S)CC[C@]3(C)[C@H](CC[C@@H]4[C@@]5(C)CC[C@H](O)C(C)(C)[C@@H]5CC[C@]43C)[C@@H]12. The van der Waals surface area contributed by atoms with E-state index in [2.05, 4.69) is 60.8 Å². The molecule has 0 amide bonds. The largest absolute Gasteiger partial charge is 0.393 e. The van der Waals surface area contributed by atoms with E-state index in [1.807, 2.05) is 0 Å². The molecule has 0 aromatic rings. The summed E-state index contributed by atoms with van der Waals surface area (Å²) in [5.41, 5.74) is 1.93. The van der Waals surface area contributed by atoms with Gasteiger partial charge in [0, 0.05) is 5.41 Å². The molecular weight excluding hydrogens is 424 g/mol. The molecule has 0 saturated heterocycles. The van der Waals surface area contributed by atoms with E-state index in [-0.39, 0.29) is 27.5 Å². The average molecular weight is 473 g/mol. The summed E-state index contributed by atoms with van der Waals surface area (Å²) in [6, 6.07) is 0. The quantitative estimate of drug-likeness (QED) is 0.323. The van der Waals surface area contributed by atoms with Crippen molar-refractivity contribution in [3.8, 4) is 0 Å². The zero-order valence-electron chi connectivity index (χ0n) is 22.0. The summed E-state index contributed by atoms with van der Waals surface area (Å²) in [7, 11) is 0. The molecule has 5 aliphatic carbocycles. The lowest BCUT2D eigenvalue weighted by Crippen LogP contribution is -2.67. The van der Waals surface area contributed by atoms with Crippen LogP contribution in [-0.4, -0.2) is 16.3 Å². The van der Waals surface area contributed by atoms with E-state index in [0.717, 1.165) is 25.7 Å². The van der Waals surface area contributed by atoms with E-state index < -0.39 is 0 Å². The summed E-state index contributed by atoms with van der Waals surface area (Å²) in [6.45, 7) is 19.1. The molecule has 3 heteroatoms. The number of carbonyl (C=O) groups excluding carboxylic acids is 1. The van der Waals surface area contributed by atoms with Crippen LogP contribution in [0.2, 0.25) is 0 Å². The van der Waals surface area contributed by atoms with Crippen molar-refractivity contribution in [2.75, 3.05) is 0 Å². The van der Waals surface area contributed by atoms with E-state index in [0.29, 0.717) is 40.4 Å². The van der Waals surface area contributed by atoms with Gasteiger partial charge in [-0.05, 0) is 122 Å². The molecule has 2 nitrogen and oxygen atoms in total. The van der Waals surface area contributed by atoms with Gasteiger partial charge in [0.05, 0.1) is 6.10 Å². The van der Waals surface area contributed by atoms with Gasteiger partial charge >= 0.3 is 0 Å². The van der Waals surface area contributed by atoms with E-state index in [4.69, 9.17) is 0 Å². The standard InChI is InChI=1S/C30H48O2S/c1-18(2)19-10-15-30(25(32)33)17-16-28(6)20(24(19)30)8-9-22-27(5)13-12-23(31)26(3,4)21(27)11-14-29(22,28)7/h19-24,31H,1,8-17H2,2-7H3,(H,32,33)/t19-,20+,21-,22+,23-,24+,27-,28+,29+,30?/m0/s1. The lowest BCUT2D eigenvalue weighted by atomic mass is 9.32. The lowest BCUT2D eigenvalue weighted by Gasteiger charge is -2.72. The highest BCUT2D eigenvalue weighted by Crippen LogP contribution is 2.77.